The van der Waals surface area contributed by atoms with Crippen molar-refractivity contribution in [3.63, 3.8) is 0 Å². The van der Waals surface area contributed by atoms with E-state index in [1.807, 2.05) is 91.0 Å². The highest BCUT2D eigenvalue weighted by Crippen LogP contribution is 2.57. The Morgan fingerprint density at radius 3 is 1.30 bits per heavy atom. The molecule has 6 nitrogen and oxygen atoms in total. The Kier molecular flexibility index (Phi) is 18.7. The number of hydrogen-bond acceptors (Lipinski definition) is 4. The first kappa shape index (κ1) is 73.8. The van der Waals surface area contributed by atoms with Crippen molar-refractivity contribution in [1.29, 1.82) is 0 Å². The molecule has 4 aromatic heterocycles. The maximum absolute atomic E-state index is 6.77. The quantitative estimate of drug-likeness (QED) is 0.174. The first-order valence-corrected chi connectivity index (χ1v) is 39.2. The van der Waals surface area contributed by atoms with E-state index in [0.29, 0.717) is 5.02 Å². The number of nitrogens with two attached hydrogens (primary N) is 1. The van der Waals surface area contributed by atoms with Crippen LogP contribution in [0.2, 0.25) is 15.1 Å². The van der Waals surface area contributed by atoms with Gasteiger partial charge in [-0.2, -0.15) is 0 Å². The summed E-state index contributed by atoms with van der Waals surface area (Å²) in [7, 11) is 0. The van der Waals surface area contributed by atoms with Gasteiger partial charge in [0.2, 0.25) is 0 Å². The number of nitrogen functional groups attached to an aromatic ring is 1. The fourth-order valence-corrected chi connectivity index (χ4v) is 17.4. The molecular formula is C98H92BrCl3N4O2. The predicted molar refractivity (Wildman–Crippen MR) is 466 cm³/mol. The summed E-state index contributed by atoms with van der Waals surface area (Å²) < 4.78 is 18.1. The molecule has 2 aliphatic rings. The van der Waals surface area contributed by atoms with E-state index in [0.717, 1.165) is 92.5 Å². The molecular weight excluding hydrogens is 1450 g/mol. The van der Waals surface area contributed by atoms with Crippen LogP contribution in [0.25, 0.3) is 99.6 Å². The minimum absolute atomic E-state index is 0.0162. The molecule has 18 rings (SSSR count). The molecule has 0 fully saturated rings. The van der Waals surface area contributed by atoms with Gasteiger partial charge < -0.3 is 28.6 Å². The Bertz CT molecular complexity index is 6190. The van der Waals surface area contributed by atoms with Crippen LogP contribution < -0.4 is 10.6 Å². The van der Waals surface area contributed by atoms with Crippen molar-refractivity contribution >= 4 is 139 Å². The molecule has 0 amide bonds. The van der Waals surface area contributed by atoms with Gasteiger partial charge in [-0.1, -0.05) is 283 Å². The van der Waals surface area contributed by atoms with E-state index in [1.54, 1.807) is 0 Å². The molecule has 12 aromatic carbocycles. The molecule has 108 heavy (non-hydrogen) atoms. The van der Waals surface area contributed by atoms with E-state index in [-0.39, 0.29) is 32.5 Å². The standard InChI is InChI=1S/C49H45ClN2O.C31H34ClN.C12H9NO.C6H4BrCl/c1-47(2,3)30-23-24-40-38(27-30)45-46(36-17-9-11-19-39(36)49(45,7)8)52(40)35-26-31(48(4,5)6)25-34(29-35)51(33-16-13-15-32(50)28-33)41-20-14-22-43-44(41)37-18-10-12-21-42(37)53-43;1-29(2,3)19-13-14-26-24(17-19)27-28(23-11-9-10-12-25(23)31(27,7)8)33(26)22-16-20(30(4,5)6)15-21(32)18-22;13-9-5-3-7-11-12(9)8-4-1-2-6-10(8)14-11;7-5-2-1-3-6(8)4-5/h9-29H,1-8H3;9-18H,1-8H3;1-7H,13H2;1-4H. The average Bonchev–Trinajstić information content (AvgIpc) is 1.53. The molecule has 0 bridgehead atoms. The highest BCUT2D eigenvalue weighted by molar-refractivity contribution is 9.10. The van der Waals surface area contributed by atoms with Gasteiger partial charge in [0.05, 0.1) is 38.9 Å². The second-order valence-corrected chi connectivity index (χ2v) is 36.4. The molecule has 4 heterocycles. The highest BCUT2D eigenvalue weighted by atomic mass is 79.9. The summed E-state index contributed by atoms with van der Waals surface area (Å²) in [6.07, 6.45) is 0. The zero-order valence-corrected chi connectivity index (χ0v) is 68.3. The smallest absolute Gasteiger partial charge is 0.137 e. The van der Waals surface area contributed by atoms with Gasteiger partial charge >= 0.3 is 0 Å². The summed E-state index contributed by atoms with van der Waals surface area (Å²) in [6.45, 7) is 36.9. The van der Waals surface area contributed by atoms with Crippen LogP contribution in [0, 0.1) is 0 Å². The van der Waals surface area contributed by atoms with E-state index in [9.17, 15) is 0 Å². The number of para-hydroxylation sites is 2. The molecule has 0 aliphatic heterocycles. The van der Waals surface area contributed by atoms with Crippen molar-refractivity contribution in [3.8, 4) is 33.9 Å². The largest absolute Gasteiger partial charge is 0.456 e. The molecule has 544 valence electrons. The SMILES string of the molecule is CC(C)(C)c1cc(Cl)cc(-n2c3c(c4cc(C(C)(C)C)ccc42)C(C)(C)c2ccccc2-3)c1.CC(C)(C)c1cc(N(c2cccc(Cl)c2)c2cccc3oc4ccccc4c23)cc(-n2c3c(c4cc(C(C)(C)C)ccc42)C(C)(C)c2ccccc2-3)c1.Clc1cccc(Br)c1.Nc1cccc2oc3ccccc3c12. The van der Waals surface area contributed by atoms with Crippen LogP contribution in [0.3, 0.4) is 0 Å². The molecule has 0 saturated carbocycles. The summed E-state index contributed by atoms with van der Waals surface area (Å²) in [5.41, 5.74) is 33.7. The second-order valence-electron chi connectivity index (χ2n) is 34.2. The molecule has 0 radical (unpaired) electrons. The first-order chi connectivity index (χ1) is 51.2. The van der Waals surface area contributed by atoms with Crippen LogP contribution >= 0.6 is 50.7 Å². The molecule has 0 unspecified atom stereocenters. The van der Waals surface area contributed by atoms with Crippen LogP contribution in [0.15, 0.2) is 268 Å². The number of rotatable bonds is 5. The Labute approximate surface area is 658 Å². The van der Waals surface area contributed by atoms with Gasteiger partial charge in [0.1, 0.15) is 22.3 Å². The van der Waals surface area contributed by atoms with E-state index in [2.05, 4.69) is 305 Å². The van der Waals surface area contributed by atoms with Crippen molar-refractivity contribution < 1.29 is 8.83 Å². The number of fused-ring (bicyclic) bond motifs is 16. The highest BCUT2D eigenvalue weighted by Gasteiger charge is 2.43. The number of hydrogen-bond donors (Lipinski definition) is 1. The van der Waals surface area contributed by atoms with Gasteiger partial charge in [0.15, 0.2) is 0 Å². The maximum atomic E-state index is 6.77. The zero-order valence-electron chi connectivity index (χ0n) is 64.5. The normalized spacial score (nSPS) is 13.6. The Morgan fingerprint density at radius 2 is 0.796 bits per heavy atom. The monoisotopic (exact) mass is 1540 g/mol. The third-order valence-electron chi connectivity index (χ3n) is 21.8. The Balaban J connectivity index is 0.000000141. The van der Waals surface area contributed by atoms with Crippen molar-refractivity contribution in [2.24, 2.45) is 0 Å². The van der Waals surface area contributed by atoms with Gasteiger partial charge in [-0.25, -0.2) is 0 Å². The average molecular weight is 1540 g/mol. The first-order valence-electron chi connectivity index (χ1n) is 37.3. The molecule has 0 spiro atoms. The predicted octanol–water partition coefficient (Wildman–Crippen LogP) is 30.0. The zero-order chi connectivity index (χ0) is 76.5. The van der Waals surface area contributed by atoms with Crippen LogP contribution in [0.1, 0.15) is 155 Å². The van der Waals surface area contributed by atoms with Gasteiger partial charge in [-0.3, -0.25) is 0 Å². The van der Waals surface area contributed by atoms with E-state index in [4.69, 9.17) is 49.4 Å². The minimum Gasteiger partial charge on any atom is -0.456 e. The van der Waals surface area contributed by atoms with Crippen molar-refractivity contribution in [1.82, 2.24) is 9.13 Å². The fourth-order valence-electron chi connectivity index (χ4n) is 16.2. The number of benzene rings is 12. The Hall–Kier alpha value is -9.73. The number of nitrogens with zero attached hydrogens (tertiary/aromatic N) is 3. The summed E-state index contributed by atoms with van der Waals surface area (Å²) >= 11 is 22.4. The number of furan rings is 2. The summed E-state index contributed by atoms with van der Waals surface area (Å²) in [5, 5.41) is 9.15. The van der Waals surface area contributed by atoms with E-state index >= 15 is 0 Å². The summed E-state index contributed by atoms with van der Waals surface area (Å²) in [4.78, 5) is 2.36. The molecule has 10 heteroatoms. The van der Waals surface area contributed by atoms with Crippen LogP contribution in [0.4, 0.5) is 22.7 Å². The van der Waals surface area contributed by atoms with Gasteiger partial charge in [0, 0.05) is 91.5 Å². The Morgan fingerprint density at radius 1 is 0.361 bits per heavy atom. The lowest BCUT2D eigenvalue weighted by Gasteiger charge is -2.30. The fraction of sp³-hybridized carbons (Fsp3) is 0.224. The van der Waals surface area contributed by atoms with Crippen LogP contribution in [-0.4, -0.2) is 9.13 Å². The van der Waals surface area contributed by atoms with Gasteiger partial charge in [-0.15, -0.1) is 0 Å². The van der Waals surface area contributed by atoms with E-state index in [1.165, 1.54) is 88.8 Å². The maximum Gasteiger partial charge on any atom is 0.137 e. The van der Waals surface area contributed by atoms with Crippen molar-refractivity contribution in [3.05, 3.63) is 319 Å². The number of aromatic nitrogens is 2. The topological polar surface area (TPSA) is 65.4 Å². The van der Waals surface area contributed by atoms with Crippen molar-refractivity contribution in [2.45, 2.75) is 143 Å². The molecule has 0 atom stereocenters. The lowest BCUT2D eigenvalue weighted by Crippen LogP contribution is -2.16. The van der Waals surface area contributed by atoms with E-state index < -0.39 is 0 Å². The second kappa shape index (κ2) is 27.4. The van der Waals surface area contributed by atoms with Gasteiger partial charge in [0.25, 0.3) is 0 Å². The number of anilines is 4. The molecule has 2 aliphatic carbocycles. The van der Waals surface area contributed by atoms with Crippen LogP contribution in [0.5, 0.6) is 0 Å². The minimum atomic E-state index is -0.165. The van der Waals surface area contributed by atoms with Crippen LogP contribution in [-0.2, 0) is 32.5 Å². The van der Waals surface area contributed by atoms with Gasteiger partial charge in [-0.05, 0) is 200 Å². The molecule has 0 saturated heterocycles. The molecule has 2 N–H and O–H groups in total. The lowest BCUT2D eigenvalue weighted by atomic mass is 9.80. The third-order valence-corrected chi connectivity index (χ3v) is 23.0. The molecule has 16 aromatic rings. The third kappa shape index (κ3) is 13.3. The lowest BCUT2D eigenvalue weighted by molar-refractivity contribution is 0.589. The number of halogens is 4. The summed E-state index contributed by atoms with van der Waals surface area (Å²) in [5.74, 6) is 0. The van der Waals surface area contributed by atoms with Crippen molar-refractivity contribution in [2.75, 3.05) is 10.6 Å². The summed E-state index contributed by atoms with van der Waals surface area (Å²) in [6, 6.07) is 89.7.